The van der Waals surface area contributed by atoms with Gasteiger partial charge < -0.3 is 15.1 Å². The maximum atomic E-state index is 12.3. The van der Waals surface area contributed by atoms with E-state index in [1.54, 1.807) is 18.2 Å². The second kappa shape index (κ2) is 7.71. The first-order valence-corrected chi connectivity index (χ1v) is 8.02. The maximum absolute atomic E-state index is 12.3. The van der Waals surface area contributed by atoms with Crippen molar-refractivity contribution < 1.29 is 18.9 Å². The molecule has 0 aliphatic heterocycles. The SMILES string of the molecule is O=C(Nc1cc([N+](=O)[O-])ccc1Cl)c1ccc(NC(=O)c2ccco2)cc1. The van der Waals surface area contributed by atoms with E-state index in [1.165, 1.54) is 42.7 Å². The molecule has 0 radical (unpaired) electrons. The van der Waals surface area contributed by atoms with Crippen LogP contribution in [0.25, 0.3) is 0 Å². The van der Waals surface area contributed by atoms with Crippen molar-refractivity contribution in [2.45, 2.75) is 0 Å². The van der Waals surface area contributed by atoms with Crippen LogP contribution < -0.4 is 10.6 Å². The molecule has 27 heavy (non-hydrogen) atoms. The van der Waals surface area contributed by atoms with Crippen molar-refractivity contribution in [1.82, 2.24) is 0 Å². The van der Waals surface area contributed by atoms with Gasteiger partial charge in [0.15, 0.2) is 5.76 Å². The lowest BCUT2D eigenvalue weighted by Crippen LogP contribution is -2.13. The Bertz CT molecular complexity index is 1000. The zero-order valence-corrected chi connectivity index (χ0v) is 14.4. The molecule has 2 amide bonds. The molecule has 0 bridgehead atoms. The molecule has 3 aromatic rings. The Hall–Kier alpha value is -3.65. The largest absolute Gasteiger partial charge is 0.459 e. The summed E-state index contributed by atoms with van der Waals surface area (Å²) in [6.07, 6.45) is 1.39. The highest BCUT2D eigenvalue weighted by Gasteiger charge is 2.14. The molecular weight excluding hydrogens is 374 g/mol. The van der Waals surface area contributed by atoms with Crippen LogP contribution in [0.3, 0.4) is 0 Å². The lowest BCUT2D eigenvalue weighted by molar-refractivity contribution is -0.384. The number of carbonyl (C=O) groups excluding carboxylic acids is 2. The molecule has 0 aliphatic rings. The minimum absolute atomic E-state index is 0.131. The van der Waals surface area contributed by atoms with Crippen molar-refractivity contribution >= 4 is 40.5 Å². The van der Waals surface area contributed by atoms with E-state index in [2.05, 4.69) is 10.6 Å². The molecule has 0 atom stereocenters. The van der Waals surface area contributed by atoms with Crippen molar-refractivity contribution in [2.75, 3.05) is 10.6 Å². The topological polar surface area (TPSA) is 114 Å². The second-order valence-electron chi connectivity index (χ2n) is 5.38. The summed E-state index contributed by atoms with van der Waals surface area (Å²) in [5.74, 6) is -0.751. The van der Waals surface area contributed by atoms with E-state index in [1.807, 2.05) is 0 Å². The van der Waals surface area contributed by atoms with E-state index < -0.39 is 16.7 Å². The first kappa shape index (κ1) is 18.2. The molecule has 0 spiro atoms. The van der Waals surface area contributed by atoms with Gasteiger partial charge in [-0.2, -0.15) is 0 Å². The van der Waals surface area contributed by atoms with Crippen LogP contribution in [0.4, 0.5) is 17.1 Å². The predicted octanol–water partition coefficient (Wildman–Crippen LogP) is 4.35. The van der Waals surface area contributed by atoms with E-state index >= 15 is 0 Å². The molecule has 2 N–H and O–H groups in total. The highest BCUT2D eigenvalue weighted by Crippen LogP contribution is 2.27. The number of furan rings is 1. The molecule has 0 unspecified atom stereocenters. The van der Waals surface area contributed by atoms with Crippen LogP contribution in [0.1, 0.15) is 20.9 Å². The summed E-state index contributed by atoms with van der Waals surface area (Å²) in [7, 11) is 0. The number of carbonyl (C=O) groups is 2. The molecule has 1 aromatic heterocycles. The number of amides is 2. The Labute approximate surface area is 157 Å². The molecule has 1 heterocycles. The fraction of sp³-hybridized carbons (Fsp3) is 0. The van der Waals surface area contributed by atoms with E-state index in [4.69, 9.17) is 16.0 Å². The number of anilines is 2. The van der Waals surface area contributed by atoms with Gasteiger partial charge in [0.25, 0.3) is 17.5 Å². The third-order valence-electron chi connectivity index (χ3n) is 3.56. The number of rotatable bonds is 5. The van der Waals surface area contributed by atoms with Crippen LogP contribution >= 0.6 is 11.6 Å². The minimum Gasteiger partial charge on any atom is -0.459 e. The van der Waals surface area contributed by atoms with Gasteiger partial charge in [-0.05, 0) is 42.5 Å². The molecule has 8 nitrogen and oxygen atoms in total. The Morgan fingerprint density at radius 3 is 2.37 bits per heavy atom. The van der Waals surface area contributed by atoms with Crippen molar-refractivity contribution in [3.63, 3.8) is 0 Å². The number of benzene rings is 2. The summed E-state index contributed by atoms with van der Waals surface area (Å²) in [5.41, 5.74) is 0.701. The Morgan fingerprint density at radius 2 is 1.74 bits per heavy atom. The van der Waals surface area contributed by atoms with Crippen LogP contribution in [-0.4, -0.2) is 16.7 Å². The van der Waals surface area contributed by atoms with Crippen LogP contribution in [0, 0.1) is 10.1 Å². The monoisotopic (exact) mass is 385 g/mol. The average Bonchev–Trinajstić information content (AvgIpc) is 3.18. The number of nitro benzene ring substituents is 1. The van der Waals surface area contributed by atoms with E-state index in [0.29, 0.717) is 5.69 Å². The van der Waals surface area contributed by atoms with Gasteiger partial charge in [0.05, 0.1) is 21.9 Å². The molecular formula is C18H12ClN3O5. The standard InChI is InChI=1S/C18H12ClN3O5/c19-14-8-7-13(22(25)26)10-15(14)21-17(23)11-3-5-12(6-4-11)20-18(24)16-2-1-9-27-16/h1-10H,(H,20,24)(H,21,23). The number of nitrogens with zero attached hydrogens (tertiary/aromatic N) is 1. The Balaban J connectivity index is 1.70. The summed E-state index contributed by atoms with van der Waals surface area (Å²) in [6.45, 7) is 0. The normalized spacial score (nSPS) is 10.3. The number of non-ortho nitro benzene ring substituents is 1. The second-order valence-corrected chi connectivity index (χ2v) is 5.79. The summed E-state index contributed by atoms with van der Waals surface area (Å²) < 4.78 is 5.00. The number of hydrogen-bond donors (Lipinski definition) is 2. The van der Waals surface area contributed by atoms with Crippen LogP contribution in [0.15, 0.2) is 65.3 Å². The van der Waals surface area contributed by atoms with E-state index in [9.17, 15) is 19.7 Å². The van der Waals surface area contributed by atoms with Gasteiger partial charge in [0.1, 0.15) is 0 Å². The summed E-state index contributed by atoms with van der Waals surface area (Å²) >= 11 is 5.97. The predicted molar refractivity (Wildman–Crippen MR) is 99.2 cm³/mol. The first-order chi connectivity index (χ1) is 12.9. The van der Waals surface area contributed by atoms with Crippen LogP contribution in [0.2, 0.25) is 5.02 Å². The number of nitrogens with one attached hydrogen (secondary N) is 2. The molecule has 0 fully saturated rings. The van der Waals surface area contributed by atoms with Crippen molar-refractivity contribution in [2.24, 2.45) is 0 Å². The lowest BCUT2D eigenvalue weighted by Gasteiger charge is -2.08. The zero-order valence-electron chi connectivity index (χ0n) is 13.6. The minimum atomic E-state index is -0.581. The third-order valence-corrected chi connectivity index (χ3v) is 3.89. The fourth-order valence-electron chi connectivity index (χ4n) is 2.22. The van der Waals surface area contributed by atoms with Gasteiger partial charge in [0, 0.05) is 23.4 Å². The van der Waals surface area contributed by atoms with Gasteiger partial charge >= 0.3 is 0 Å². The summed E-state index contributed by atoms with van der Waals surface area (Å²) in [6, 6.07) is 13.0. The number of nitro groups is 1. The smallest absolute Gasteiger partial charge is 0.291 e. The van der Waals surface area contributed by atoms with Gasteiger partial charge in [-0.25, -0.2) is 0 Å². The quantitative estimate of drug-likeness (QED) is 0.500. The van der Waals surface area contributed by atoms with Crippen LogP contribution in [0.5, 0.6) is 0 Å². The Kier molecular flexibility index (Phi) is 5.18. The van der Waals surface area contributed by atoms with Crippen molar-refractivity contribution in [1.29, 1.82) is 0 Å². The molecule has 0 saturated heterocycles. The molecule has 3 rings (SSSR count). The highest BCUT2D eigenvalue weighted by molar-refractivity contribution is 6.34. The van der Waals surface area contributed by atoms with Gasteiger partial charge in [-0.1, -0.05) is 11.6 Å². The highest BCUT2D eigenvalue weighted by atomic mass is 35.5. The fourth-order valence-corrected chi connectivity index (χ4v) is 2.39. The number of hydrogen-bond acceptors (Lipinski definition) is 5. The molecule has 9 heteroatoms. The van der Waals surface area contributed by atoms with E-state index in [0.717, 1.165) is 0 Å². The van der Waals surface area contributed by atoms with Gasteiger partial charge in [-0.3, -0.25) is 19.7 Å². The average molecular weight is 386 g/mol. The Morgan fingerprint density at radius 1 is 1.00 bits per heavy atom. The van der Waals surface area contributed by atoms with Gasteiger partial charge in [-0.15, -0.1) is 0 Å². The molecule has 0 saturated carbocycles. The van der Waals surface area contributed by atoms with Crippen LogP contribution in [-0.2, 0) is 0 Å². The zero-order chi connectivity index (χ0) is 19.4. The van der Waals surface area contributed by atoms with Crippen molar-refractivity contribution in [3.8, 4) is 0 Å². The van der Waals surface area contributed by atoms with E-state index in [-0.39, 0.29) is 27.7 Å². The molecule has 136 valence electrons. The summed E-state index contributed by atoms with van der Waals surface area (Å²) in [4.78, 5) is 34.5. The maximum Gasteiger partial charge on any atom is 0.291 e. The molecule has 2 aromatic carbocycles. The molecule has 0 aliphatic carbocycles. The van der Waals surface area contributed by atoms with Gasteiger partial charge in [0.2, 0.25) is 0 Å². The van der Waals surface area contributed by atoms with Crippen molar-refractivity contribution in [3.05, 3.63) is 87.3 Å². The lowest BCUT2D eigenvalue weighted by atomic mass is 10.2. The first-order valence-electron chi connectivity index (χ1n) is 7.64. The third kappa shape index (κ3) is 4.31. The number of halogens is 1. The summed E-state index contributed by atoms with van der Waals surface area (Å²) in [5, 5.41) is 16.2.